The zero-order chi connectivity index (χ0) is 21.8. The summed E-state index contributed by atoms with van der Waals surface area (Å²) in [6.07, 6.45) is 0.812. The lowest BCUT2D eigenvalue weighted by atomic mass is 10.00. The van der Waals surface area contributed by atoms with Crippen molar-refractivity contribution in [3.63, 3.8) is 0 Å². The van der Waals surface area contributed by atoms with E-state index in [0.29, 0.717) is 18.5 Å². The fourth-order valence-electron chi connectivity index (χ4n) is 4.27. The molecule has 2 aromatic rings. The number of sulfone groups is 1. The summed E-state index contributed by atoms with van der Waals surface area (Å²) in [5.41, 5.74) is 4.07. The first-order valence-corrected chi connectivity index (χ1v) is 12.5. The third-order valence-corrected chi connectivity index (χ3v) is 7.46. The molecule has 2 aliphatic rings. The summed E-state index contributed by atoms with van der Waals surface area (Å²) in [6, 6.07) is 15.5. The first kappa shape index (κ1) is 22.0. The van der Waals surface area contributed by atoms with Gasteiger partial charge < -0.3 is 10.4 Å². The van der Waals surface area contributed by atoms with Gasteiger partial charge in [0.2, 0.25) is 0 Å². The summed E-state index contributed by atoms with van der Waals surface area (Å²) in [4.78, 5) is 14.8. The molecule has 0 radical (unpaired) electrons. The van der Waals surface area contributed by atoms with Crippen molar-refractivity contribution < 1.29 is 18.3 Å². The Hall–Kier alpha value is -2.26. The number of hydrogen-bond acceptors (Lipinski definition) is 6. The molecule has 1 fully saturated rings. The number of hydrogen-bond donors (Lipinski definition) is 3. The highest BCUT2D eigenvalue weighted by atomic mass is 32.2. The van der Waals surface area contributed by atoms with E-state index in [1.807, 2.05) is 12.1 Å². The molecule has 0 spiro atoms. The number of nitrogens with one attached hydrogen (secondary N) is 2. The Labute approximate surface area is 183 Å². The Morgan fingerprint density at radius 3 is 2.77 bits per heavy atom. The van der Waals surface area contributed by atoms with Gasteiger partial charge in [-0.05, 0) is 41.7 Å². The maximum Gasteiger partial charge on any atom is 0.251 e. The van der Waals surface area contributed by atoms with Crippen molar-refractivity contribution in [2.75, 3.05) is 31.3 Å². The smallest absolute Gasteiger partial charge is 0.251 e. The Balaban J connectivity index is 1.28. The third-order valence-electron chi connectivity index (χ3n) is 6.00. The van der Waals surface area contributed by atoms with Crippen LogP contribution < -0.4 is 10.6 Å². The standard InChI is InChI=1S/C23H29N3O4S/c27-21(15-26-10-8-17-4-1-2-5-20(17)14-26)13-24-23(28)19-7-3-6-18(12-19)22-9-11-31(29,30)16-25-22/h1-7,12,21-22,25,27H,8-11,13-16H2,(H,24,28). The molecule has 0 saturated carbocycles. The molecule has 3 N–H and O–H groups in total. The molecular formula is C23H29N3O4S. The summed E-state index contributed by atoms with van der Waals surface area (Å²) in [7, 11) is -3.02. The van der Waals surface area contributed by atoms with Crippen LogP contribution in [0.15, 0.2) is 48.5 Å². The van der Waals surface area contributed by atoms with Crippen molar-refractivity contribution in [3.8, 4) is 0 Å². The van der Waals surface area contributed by atoms with Gasteiger partial charge in [-0.15, -0.1) is 0 Å². The van der Waals surface area contributed by atoms with Crippen LogP contribution in [-0.2, 0) is 22.8 Å². The summed E-state index contributed by atoms with van der Waals surface area (Å²) < 4.78 is 23.2. The van der Waals surface area contributed by atoms with Gasteiger partial charge >= 0.3 is 0 Å². The number of nitrogens with zero attached hydrogens (tertiary/aromatic N) is 1. The molecule has 0 bridgehead atoms. The normalized spacial score (nSPS) is 21.8. The van der Waals surface area contributed by atoms with Crippen LogP contribution >= 0.6 is 0 Å². The highest BCUT2D eigenvalue weighted by Crippen LogP contribution is 2.22. The Morgan fingerprint density at radius 1 is 1.19 bits per heavy atom. The predicted octanol–water partition coefficient (Wildman–Crippen LogP) is 1.24. The van der Waals surface area contributed by atoms with Gasteiger partial charge in [0.25, 0.3) is 5.91 Å². The van der Waals surface area contributed by atoms with Gasteiger partial charge in [0.15, 0.2) is 9.84 Å². The van der Waals surface area contributed by atoms with Crippen LogP contribution in [0.4, 0.5) is 0 Å². The first-order valence-electron chi connectivity index (χ1n) is 10.7. The number of rotatable bonds is 6. The van der Waals surface area contributed by atoms with Crippen molar-refractivity contribution in [1.29, 1.82) is 0 Å². The number of benzene rings is 2. The second-order valence-electron chi connectivity index (χ2n) is 8.38. The molecule has 2 atom stereocenters. The molecule has 166 valence electrons. The molecule has 4 rings (SSSR count). The zero-order valence-electron chi connectivity index (χ0n) is 17.5. The molecule has 8 heteroatoms. The molecule has 31 heavy (non-hydrogen) atoms. The number of aliphatic hydroxyl groups excluding tert-OH is 1. The van der Waals surface area contributed by atoms with Crippen LogP contribution in [0.25, 0.3) is 0 Å². The van der Waals surface area contributed by atoms with Gasteiger partial charge in [-0.1, -0.05) is 36.4 Å². The van der Waals surface area contributed by atoms with E-state index in [9.17, 15) is 18.3 Å². The van der Waals surface area contributed by atoms with Crippen molar-refractivity contribution in [2.24, 2.45) is 0 Å². The monoisotopic (exact) mass is 443 g/mol. The molecule has 0 aliphatic carbocycles. The molecule has 0 aromatic heterocycles. The highest BCUT2D eigenvalue weighted by Gasteiger charge is 2.24. The van der Waals surface area contributed by atoms with Crippen molar-refractivity contribution in [1.82, 2.24) is 15.5 Å². The maximum absolute atomic E-state index is 12.6. The minimum absolute atomic E-state index is 0.0404. The number of amides is 1. The molecule has 1 saturated heterocycles. The Kier molecular flexibility index (Phi) is 6.71. The number of β-amino-alcohol motifs (C(OH)–C–C–N with tert-alkyl or cyclic N) is 1. The number of carbonyl (C=O) groups excluding carboxylic acids is 1. The minimum atomic E-state index is -3.02. The number of fused-ring (bicyclic) bond motifs is 1. The van der Waals surface area contributed by atoms with Gasteiger partial charge in [-0.2, -0.15) is 0 Å². The number of carbonyl (C=O) groups is 1. The van der Waals surface area contributed by atoms with Gasteiger partial charge in [0.1, 0.15) is 0 Å². The number of aliphatic hydroxyl groups is 1. The molecule has 7 nitrogen and oxygen atoms in total. The average molecular weight is 444 g/mol. The van der Waals surface area contributed by atoms with Crippen LogP contribution in [0.1, 0.15) is 39.5 Å². The summed E-state index contributed by atoms with van der Waals surface area (Å²) in [5.74, 6) is -0.136. The van der Waals surface area contributed by atoms with E-state index in [4.69, 9.17) is 0 Å². The second-order valence-corrected chi connectivity index (χ2v) is 10.6. The van der Waals surface area contributed by atoms with E-state index in [1.54, 1.807) is 18.2 Å². The molecule has 1 amide bonds. The van der Waals surface area contributed by atoms with Crippen molar-refractivity contribution in [3.05, 3.63) is 70.8 Å². The lowest BCUT2D eigenvalue weighted by Gasteiger charge is -2.30. The largest absolute Gasteiger partial charge is 0.390 e. The Morgan fingerprint density at radius 2 is 2.00 bits per heavy atom. The van der Waals surface area contributed by atoms with Crippen LogP contribution in [0.5, 0.6) is 0 Å². The third kappa shape index (κ3) is 5.71. The van der Waals surface area contributed by atoms with E-state index < -0.39 is 15.9 Å². The van der Waals surface area contributed by atoms with E-state index in [2.05, 4.69) is 33.7 Å². The average Bonchev–Trinajstić information content (AvgIpc) is 2.77. The highest BCUT2D eigenvalue weighted by molar-refractivity contribution is 7.91. The van der Waals surface area contributed by atoms with Gasteiger partial charge in [0.05, 0.1) is 17.7 Å². The molecule has 2 heterocycles. The van der Waals surface area contributed by atoms with E-state index in [-0.39, 0.29) is 30.1 Å². The Bertz CT molecular complexity index is 1030. The summed E-state index contributed by atoms with van der Waals surface area (Å²) >= 11 is 0. The van der Waals surface area contributed by atoms with Crippen LogP contribution in [0.3, 0.4) is 0 Å². The van der Waals surface area contributed by atoms with Crippen LogP contribution in [0, 0.1) is 0 Å². The quantitative estimate of drug-likeness (QED) is 0.622. The van der Waals surface area contributed by atoms with E-state index in [1.165, 1.54) is 11.1 Å². The second kappa shape index (κ2) is 9.48. The van der Waals surface area contributed by atoms with Crippen molar-refractivity contribution >= 4 is 15.7 Å². The molecule has 2 aromatic carbocycles. The van der Waals surface area contributed by atoms with Crippen molar-refractivity contribution in [2.45, 2.75) is 31.5 Å². The summed E-state index contributed by atoms with van der Waals surface area (Å²) in [5, 5.41) is 16.3. The maximum atomic E-state index is 12.6. The van der Waals surface area contributed by atoms with Gasteiger partial charge in [-0.3, -0.25) is 15.0 Å². The summed E-state index contributed by atoms with van der Waals surface area (Å²) in [6.45, 7) is 2.40. The fourth-order valence-corrected chi connectivity index (χ4v) is 5.46. The minimum Gasteiger partial charge on any atom is -0.390 e. The van der Waals surface area contributed by atoms with E-state index >= 15 is 0 Å². The SMILES string of the molecule is O=C(NCC(O)CN1CCc2ccccc2C1)c1cccc(C2CCS(=O)(=O)CN2)c1. The first-order chi connectivity index (χ1) is 14.9. The lowest BCUT2D eigenvalue weighted by molar-refractivity contribution is 0.0841. The van der Waals surface area contributed by atoms with Crippen LogP contribution in [0.2, 0.25) is 0 Å². The predicted molar refractivity (Wildman–Crippen MR) is 119 cm³/mol. The molecular weight excluding hydrogens is 414 g/mol. The molecule has 2 unspecified atom stereocenters. The van der Waals surface area contributed by atoms with Gasteiger partial charge in [-0.25, -0.2) is 8.42 Å². The molecule has 2 aliphatic heterocycles. The topological polar surface area (TPSA) is 98.7 Å². The van der Waals surface area contributed by atoms with Gasteiger partial charge in [0, 0.05) is 37.8 Å². The van der Waals surface area contributed by atoms with E-state index in [0.717, 1.165) is 25.1 Å². The lowest BCUT2D eigenvalue weighted by Crippen LogP contribution is -2.42. The zero-order valence-corrected chi connectivity index (χ0v) is 18.3. The fraction of sp³-hybridized carbons (Fsp3) is 0.435. The van der Waals surface area contributed by atoms with Crippen LogP contribution in [-0.4, -0.2) is 61.7 Å².